The third-order valence-corrected chi connectivity index (χ3v) is 5.22. The number of carbonyl (C=O) groups excluding carboxylic acids is 1. The van der Waals surface area contributed by atoms with E-state index in [1.54, 1.807) is 4.68 Å². The molecular formula is C17H27N5O3. The van der Waals surface area contributed by atoms with Crippen LogP contribution in [0.1, 0.15) is 38.5 Å². The maximum Gasteiger partial charge on any atom is 0.315 e. The van der Waals surface area contributed by atoms with Gasteiger partial charge in [0.2, 0.25) is 0 Å². The monoisotopic (exact) mass is 349 g/mol. The number of carboxylic acids is 1. The van der Waals surface area contributed by atoms with Gasteiger partial charge in [0.15, 0.2) is 0 Å². The Bertz CT molecular complexity index is 609. The Kier molecular flexibility index (Phi) is 5.45. The molecule has 25 heavy (non-hydrogen) atoms. The second-order valence-electron chi connectivity index (χ2n) is 7.16. The summed E-state index contributed by atoms with van der Waals surface area (Å²) < 4.78 is 1.78. The topological polar surface area (TPSA) is 99.5 Å². The zero-order valence-corrected chi connectivity index (χ0v) is 14.6. The van der Waals surface area contributed by atoms with Crippen molar-refractivity contribution in [3.05, 3.63) is 12.4 Å². The zero-order valence-electron chi connectivity index (χ0n) is 14.6. The highest BCUT2D eigenvalue weighted by molar-refractivity contribution is 5.75. The highest BCUT2D eigenvalue weighted by Crippen LogP contribution is 2.24. The molecule has 0 bridgehead atoms. The second kappa shape index (κ2) is 7.76. The van der Waals surface area contributed by atoms with E-state index < -0.39 is 5.97 Å². The van der Waals surface area contributed by atoms with Crippen LogP contribution in [0.2, 0.25) is 0 Å². The molecule has 2 heterocycles. The molecule has 0 spiro atoms. The molecule has 8 heteroatoms. The number of piperidine rings is 1. The molecule has 1 atom stereocenters. The lowest BCUT2D eigenvalue weighted by molar-refractivity contribution is -0.142. The van der Waals surface area contributed by atoms with E-state index in [0.717, 1.165) is 44.5 Å². The van der Waals surface area contributed by atoms with Crippen molar-refractivity contribution in [3.63, 3.8) is 0 Å². The number of rotatable bonds is 4. The summed E-state index contributed by atoms with van der Waals surface area (Å²) in [7, 11) is 1.90. The molecule has 1 saturated heterocycles. The quantitative estimate of drug-likeness (QED) is 0.762. The molecule has 3 rings (SSSR count). The summed E-state index contributed by atoms with van der Waals surface area (Å²) in [5.41, 5.74) is 1.08. The lowest BCUT2D eigenvalue weighted by atomic mass is 9.86. The number of hydrogen-bond donors (Lipinski definition) is 3. The van der Waals surface area contributed by atoms with Crippen LogP contribution in [0.25, 0.3) is 0 Å². The molecule has 3 N–H and O–H groups in total. The number of carbonyl (C=O) groups is 2. The maximum atomic E-state index is 12.3. The van der Waals surface area contributed by atoms with Gasteiger partial charge in [-0.25, -0.2) is 4.79 Å². The molecule has 1 unspecified atom stereocenters. The highest BCUT2D eigenvalue weighted by atomic mass is 16.4. The van der Waals surface area contributed by atoms with Crippen molar-refractivity contribution in [2.75, 3.05) is 18.0 Å². The van der Waals surface area contributed by atoms with Crippen molar-refractivity contribution in [3.8, 4) is 0 Å². The Morgan fingerprint density at radius 2 is 1.88 bits per heavy atom. The summed E-state index contributed by atoms with van der Waals surface area (Å²) >= 11 is 0. The Morgan fingerprint density at radius 3 is 2.52 bits per heavy atom. The van der Waals surface area contributed by atoms with Crippen LogP contribution in [0.3, 0.4) is 0 Å². The Morgan fingerprint density at radius 1 is 1.16 bits per heavy atom. The average Bonchev–Trinajstić information content (AvgIpc) is 3.02. The zero-order chi connectivity index (χ0) is 17.8. The molecule has 8 nitrogen and oxygen atoms in total. The van der Waals surface area contributed by atoms with Gasteiger partial charge in [-0.05, 0) is 38.5 Å². The molecule has 0 radical (unpaired) electrons. The van der Waals surface area contributed by atoms with Gasteiger partial charge in [-0.1, -0.05) is 0 Å². The molecule has 0 aromatic carbocycles. The predicted octanol–water partition coefficient (Wildman–Crippen LogP) is 1.33. The van der Waals surface area contributed by atoms with Gasteiger partial charge in [-0.15, -0.1) is 0 Å². The molecule has 138 valence electrons. The van der Waals surface area contributed by atoms with E-state index in [9.17, 15) is 9.59 Å². The molecule has 1 saturated carbocycles. The molecule has 2 fully saturated rings. The largest absolute Gasteiger partial charge is 0.481 e. The van der Waals surface area contributed by atoms with Gasteiger partial charge in [-0.3, -0.25) is 9.48 Å². The lowest BCUT2D eigenvalue weighted by Gasteiger charge is -2.34. The van der Waals surface area contributed by atoms with Gasteiger partial charge in [-0.2, -0.15) is 5.10 Å². The molecule has 2 aliphatic rings. The van der Waals surface area contributed by atoms with Crippen LogP contribution >= 0.6 is 0 Å². The summed E-state index contributed by atoms with van der Waals surface area (Å²) in [4.78, 5) is 25.5. The van der Waals surface area contributed by atoms with Crippen LogP contribution in [-0.4, -0.2) is 52.1 Å². The Hall–Kier alpha value is -2.25. The fourth-order valence-corrected chi connectivity index (χ4v) is 3.80. The lowest BCUT2D eigenvalue weighted by Crippen LogP contribution is -2.52. The summed E-state index contributed by atoms with van der Waals surface area (Å²) in [6, 6.07) is 0.0507. The fourth-order valence-electron chi connectivity index (χ4n) is 3.80. The molecular weight excluding hydrogens is 322 g/mol. The molecule has 1 aromatic rings. The van der Waals surface area contributed by atoms with Crippen molar-refractivity contribution >= 4 is 17.7 Å². The van der Waals surface area contributed by atoms with Gasteiger partial charge in [0.1, 0.15) is 0 Å². The van der Waals surface area contributed by atoms with E-state index in [2.05, 4.69) is 20.6 Å². The van der Waals surface area contributed by atoms with Crippen LogP contribution in [0.15, 0.2) is 12.4 Å². The molecule has 1 aliphatic heterocycles. The number of aromatic nitrogens is 2. The van der Waals surface area contributed by atoms with Gasteiger partial charge in [0.25, 0.3) is 0 Å². The number of aliphatic carboxylic acids is 1. The number of aryl methyl sites for hydroxylation is 1. The smallest absolute Gasteiger partial charge is 0.315 e. The number of nitrogens with one attached hydrogen (secondary N) is 2. The van der Waals surface area contributed by atoms with Crippen molar-refractivity contribution in [2.45, 2.75) is 50.6 Å². The first-order valence-electron chi connectivity index (χ1n) is 9.04. The number of carboxylic acid groups (broad SMARTS) is 1. The first-order chi connectivity index (χ1) is 12.0. The Labute approximate surface area is 147 Å². The second-order valence-corrected chi connectivity index (χ2v) is 7.16. The van der Waals surface area contributed by atoms with Crippen LogP contribution in [0.4, 0.5) is 10.5 Å². The number of amides is 2. The van der Waals surface area contributed by atoms with Crippen LogP contribution < -0.4 is 15.5 Å². The standard InChI is InChI=1S/C17H27N5O3/c1-21-11-15(9-18-21)22-8-2-3-14(10-22)20-17(25)19-13-6-4-12(5-7-13)16(23)24/h9,11-14H,2-8,10H2,1H3,(H,23,24)(H2,19,20,25). The third-order valence-electron chi connectivity index (χ3n) is 5.22. The number of nitrogens with zero attached hydrogens (tertiary/aromatic N) is 3. The molecule has 1 aromatic heterocycles. The average molecular weight is 349 g/mol. The van der Waals surface area contributed by atoms with Gasteiger partial charge in [0.05, 0.1) is 17.8 Å². The number of urea groups is 1. The van der Waals surface area contributed by atoms with E-state index in [1.807, 2.05) is 19.4 Å². The summed E-state index contributed by atoms with van der Waals surface area (Å²) in [5.74, 6) is -0.979. The normalized spacial score (nSPS) is 26.9. The minimum atomic E-state index is -0.722. The van der Waals surface area contributed by atoms with Gasteiger partial charge < -0.3 is 20.6 Å². The van der Waals surface area contributed by atoms with Crippen LogP contribution in [0.5, 0.6) is 0 Å². The number of hydrogen-bond acceptors (Lipinski definition) is 4. The third kappa shape index (κ3) is 4.64. The maximum absolute atomic E-state index is 12.3. The van der Waals surface area contributed by atoms with E-state index in [4.69, 9.17) is 5.11 Å². The SMILES string of the molecule is Cn1cc(N2CCCC(NC(=O)NC3CCC(C(=O)O)CC3)C2)cn1. The summed E-state index contributed by atoms with van der Waals surface area (Å²) in [5, 5.41) is 19.3. The fraction of sp³-hybridized carbons (Fsp3) is 0.706. The van der Waals surface area contributed by atoms with Crippen molar-refractivity contribution in [2.24, 2.45) is 13.0 Å². The van der Waals surface area contributed by atoms with Gasteiger partial charge in [0, 0.05) is 38.4 Å². The van der Waals surface area contributed by atoms with Crippen LogP contribution in [0, 0.1) is 5.92 Å². The first kappa shape index (κ1) is 17.6. The molecule has 2 amide bonds. The van der Waals surface area contributed by atoms with E-state index >= 15 is 0 Å². The van der Waals surface area contributed by atoms with E-state index in [1.165, 1.54) is 0 Å². The van der Waals surface area contributed by atoms with E-state index in [0.29, 0.717) is 12.8 Å². The number of anilines is 1. The van der Waals surface area contributed by atoms with Crippen molar-refractivity contribution < 1.29 is 14.7 Å². The molecule has 1 aliphatic carbocycles. The van der Waals surface area contributed by atoms with Crippen LogP contribution in [-0.2, 0) is 11.8 Å². The highest BCUT2D eigenvalue weighted by Gasteiger charge is 2.28. The van der Waals surface area contributed by atoms with E-state index in [-0.39, 0.29) is 24.0 Å². The minimum Gasteiger partial charge on any atom is -0.481 e. The van der Waals surface area contributed by atoms with Crippen molar-refractivity contribution in [1.82, 2.24) is 20.4 Å². The van der Waals surface area contributed by atoms with Crippen molar-refractivity contribution in [1.29, 1.82) is 0 Å². The first-order valence-corrected chi connectivity index (χ1v) is 9.04. The summed E-state index contributed by atoms with van der Waals surface area (Å²) in [6.07, 6.45) is 8.58. The van der Waals surface area contributed by atoms with Gasteiger partial charge >= 0.3 is 12.0 Å². The minimum absolute atomic E-state index is 0.0774. The summed E-state index contributed by atoms with van der Waals surface area (Å²) in [6.45, 7) is 1.76. The predicted molar refractivity (Wildman–Crippen MR) is 93.5 cm³/mol. The Balaban J connectivity index is 1.44.